The van der Waals surface area contributed by atoms with Gasteiger partial charge in [-0.25, -0.2) is 0 Å². The summed E-state index contributed by atoms with van der Waals surface area (Å²) in [5.74, 6) is -1.01. The Bertz CT molecular complexity index is 876. The highest BCUT2D eigenvalue weighted by Gasteiger charge is 2.74. The van der Waals surface area contributed by atoms with Gasteiger partial charge in [-0.15, -0.1) is 0 Å². The molecule has 3 aliphatic carbocycles. The van der Waals surface area contributed by atoms with Gasteiger partial charge in [-0.2, -0.15) is 0 Å². The van der Waals surface area contributed by atoms with E-state index in [0.29, 0.717) is 0 Å². The van der Waals surface area contributed by atoms with Crippen molar-refractivity contribution in [2.45, 2.75) is 119 Å². The maximum Gasteiger partial charge on any atom is 0.303 e. The summed E-state index contributed by atoms with van der Waals surface area (Å²) in [6.07, 6.45) is 2.85. The number of ether oxygens (including phenoxy) is 2. The molecule has 0 aromatic carbocycles. The molecular formula is C29H48O6. The molecule has 2 N–H and O–H groups in total. The van der Waals surface area contributed by atoms with E-state index in [9.17, 15) is 19.8 Å². The molecule has 0 saturated heterocycles. The molecule has 35 heavy (non-hydrogen) atoms. The zero-order valence-electron chi connectivity index (χ0n) is 23.5. The summed E-state index contributed by atoms with van der Waals surface area (Å²) in [6.45, 7) is 19.6. The monoisotopic (exact) mass is 492 g/mol. The molecule has 10 atom stereocenters. The Labute approximate surface area is 211 Å². The van der Waals surface area contributed by atoms with Gasteiger partial charge in [0.05, 0.1) is 11.7 Å². The lowest BCUT2D eigenvalue weighted by Gasteiger charge is -2.71. The fourth-order valence-electron chi connectivity index (χ4n) is 9.51. The van der Waals surface area contributed by atoms with E-state index in [4.69, 9.17) is 9.47 Å². The van der Waals surface area contributed by atoms with Gasteiger partial charge in [-0.05, 0) is 61.9 Å². The van der Waals surface area contributed by atoms with Crippen LogP contribution in [0.5, 0.6) is 0 Å². The Morgan fingerprint density at radius 2 is 1.69 bits per heavy atom. The van der Waals surface area contributed by atoms with Crippen molar-refractivity contribution in [2.75, 3.05) is 0 Å². The van der Waals surface area contributed by atoms with Crippen LogP contribution in [0.4, 0.5) is 0 Å². The summed E-state index contributed by atoms with van der Waals surface area (Å²) in [6, 6.07) is 0. The van der Waals surface area contributed by atoms with Crippen molar-refractivity contribution in [1.29, 1.82) is 0 Å². The number of esters is 2. The molecule has 200 valence electrons. The average molecular weight is 493 g/mol. The maximum atomic E-state index is 12.6. The third-order valence-electron chi connectivity index (χ3n) is 10.9. The van der Waals surface area contributed by atoms with Gasteiger partial charge < -0.3 is 19.7 Å². The molecule has 0 spiro atoms. The van der Waals surface area contributed by atoms with Gasteiger partial charge >= 0.3 is 11.9 Å². The van der Waals surface area contributed by atoms with E-state index in [0.717, 1.165) is 31.3 Å². The third kappa shape index (κ3) is 3.80. The van der Waals surface area contributed by atoms with E-state index in [-0.39, 0.29) is 29.1 Å². The van der Waals surface area contributed by atoms with Crippen molar-refractivity contribution in [2.24, 2.45) is 39.9 Å². The molecule has 0 aliphatic heterocycles. The number of rotatable bonds is 5. The topological polar surface area (TPSA) is 93.1 Å². The molecule has 0 radical (unpaired) electrons. The first-order valence-corrected chi connectivity index (χ1v) is 13.5. The van der Waals surface area contributed by atoms with Gasteiger partial charge in [0.2, 0.25) is 0 Å². The Hall–Kier alpha value is -1.40. The van der Waals surface area contributed by atoms with Crippen LogP contribution in [-0.2, 0) is 19.1 Å². The number of carbonyl (C=O) groups is 2. The van der Waals surface area contributed by atoms with E-state index >= 15 is 0 Å². The first-order chi connectivity index (χ1) is 16.1. The van der Waals surface area contributed by atoms with Crippen LogP contribution in [0.15, 0.2) is 11.6 Å². The minimum Gasteiger partial charge on any atom is -0.458 e. The second-order valence-electron chi connectivity index (χ2n) is 12.6. The van der Waals surface area contributed by atoms with Crippen LogP contribution in [0, 0.1) is 39.9 Å². The van der Waals surface area contributed by atoms with Gasteiger partial charge in [0, 0.05) is 30.6 Å². The molecule has 0 amide bonds. The predicted octanol–water partition coefficient (Wildman–Crippen LogP) is 5.05. The lowest BCUT2D eigenvalue weighted by molar-refractivity contribution is -0.299. The molecular weight excluding hydrogens is 444 g/mol. The van der Waals surface area contributed by atoms with Gasteiger partial charge in [0.15, 0.2) is 0 Å². The maximum absolute atomic E-state index is 12.6. The minimum absolute atomic E-state index is 0.170. The number of fused-ring (bicyclic) bond motifs is 3. The van der Waals surface area contributed by atoms with Crippen LogP contribution >= 0.6 is 0 Å². The molecule has 6 heteroatoms. The lowest BCUT2D eigenvalue weighted by atomic mass is 9.35. The highest BCUT2D eigenvalue weighted by atomic mass is 16.6. The standard InChI is InChI=1S/C29H48O6/c1-11-20-26(8)14-13-21-27(9,22(32)15-17(5)28(21,10)33)24(26)23(34-18(6)30)25(35-19(7)31)29(20,12-2)16(3)4/h15-16,20-25,32-33H,11-14H2,1-10H3. The minimum atomic E-state index is -1.09. The van der Waals surface area contributed by atoms with E-state index in [1.807, 2.05) is 20.8 Å². The second-order valence-corrected chi connectivity index (χ2v) is 12.6. The molecule has 0 heterocycles. The zero-order valence-corrected chi connectivity index (χ0v) is 23.5. The highest BCUT2D eigenvalue weighted by Crippen LogP contribution is 2.72. The fourth-order valence-corrected chi connectivity index (χ4v) is 9.51. The summed E-state index contributed by atoms with van der Waals surface area (Å²) in [5.41, 5.74) is -1.80. The van der Waals surface area contributed by atoms with Crippen LogP contribution in [0.2, 0.25) is 0 Å². The number of carbonyl (C=O) groups excluding carboxylic acids is 2. The van der Waals surface area contributed by atoms with Crippen LogP contribution in [0.25, 0.3) is 0 Å². The van der Waals surface area contributed by atoms with Crippen molar-refractivity contribution in [1.82, 2.24) is 0 Å². The van der Waals surface area contributed by atoms with Crippen molar-refractivity contribution in [3.63, 3.8) is 0 Å². The predicted molar refractivity (Wildman–Crippen MR) is 135 cm³/mol. The summed E-state index contributed by atoms with van der Waals surface area (Å²) >= 11 is 0. The van der Waals surface area contributed by atoms with Gasteiger partial charge in [0.25, 0.3) is 0 Å². The van der Waals surface area contributed by atoms with Crippen molar-refractivity contribution >= 4 is 11.9 Å². The molecule has 6 nitrogen and oxygen atoms in total. The summed E-state index contributed by atoms with van der Waals surface area (Å²) in [5, 5.41) is 23.3. The zero-order chi connectivity index (χ0) is 26.7. The Kier molecular flexibility index (Phi) is 7.38. The largest absolute Gasteiger partial charge is 0.458 e. The van der Waals surface area contributed by atoms with E-state index < -0.39 is 46.7 Å². The molecule has 2 saturated carbocycles. The Morgan fingerprint density at radius 1 is 1.11 bits per heavy atom. The summed E-state index contributed by atoms with van der Waals surface area (Å²) in [4.78, 5) is 25.1. The molecule has 3 rings (SSSR count). The van der Waals surface area contributed by atoms with Crippen molar-refractivity contribution < 1.29 is 29.3 Å². The first kappa shape index (κ1) is 28.2. The number of aliphatic hydroxyl groups is 2. The lowest BCUT2D eigenvalue weighted by Crippen LogP contribution is -2.74. The van der Waals surface area contributed by atoms with Crippen molar-refractivity contribution in [3.05, 3.63) is 11.6 Å². The van der Waals surface area contributed by atoms with Gasteiger partial charge in [0.1, 0.15) is 12.2 Å². The number of aliphatic hydroxyl groups excluding tert-OH is 1. The van der Waals surface area contributed by atoms with Crippen LogP contribution in [0.3, 0.4) is 0 Å². The summed E-state index contributed by atoms with van der Waals surface area (Å²) < 4.78 is 12.3. The fraction of sp³-hybridized carbons (Fsp3) is 0.862. The Balaban J connectivity index is 2.38. The SMILES string of the molecule is CCC1C2(C)CCC3C(C)(O)C(C)=CC(O)C3(C)C2C(OC(C)=O)C(OC(C)=O)C1(CC)C(C)C. The Morgan fingerprint density at radius 3 is 2.14 bits per heavy atom. The first-order valence-electron chi connectivity index (χ1n) is 13.5. The molecule has 10 unspecified atom stereocenters. The number of hydrogen-bond acceptors (Lipinski definition) is 6. The smallest absolute Gasteiger partial charge is 0.303 e. The molecule has 0 bridgehead atoms. The van der Waals surface area contributed by atoms with Crippen molar-refractivity contribution in [3.8, 4) is 0 Å². The van der Waals surface area contributed by atoms with Crippen LogP contribution in [0.1, 0.15) is 94.9 Å². The molecule has 3 aliphatic rings. The normalized spacial score (nSPS) is 47.4. The average Bonchev–Trinajstić information content (AvgIpc) is 2.72. The number of hydrogen-bond donors (Lipinski definition) is 2. The van der Waals surface area contributed by atoms with E-state index in [2.05, 4.69) is 34.6 Å². The second kappa shape index (κ2) is 9.16. The van der Waals surface area contributed by atoms with E-state index in [1.165, 1.54) is 13.8 Å². The molecule has 0 aromatic heterocycles. The quantitative estimate of drug-likeness (QED) is 0.412. The highest BCUT2D eigenvalue weighted by molar-refractivity contribution is 5.67. The van der Waals surface area contributed by atoms with Gasteiger partial charge in [-0.1, -0.05) is 54.0 Å². The van der Waals surface area contributed by atoms with Crippen LogP contribution in [-0.4, -0.2) is 46.1 Å². The van der Waals surface area contributed by atoms with Gasteiger partial charge in [-0.3, -0.25) is 9.59 Å². The van der Waals surface area contributed by atoms with Crippen LogP contribution < -0.4 is 0 Å². The molecule has 2 fully saturated rings. The molecule has 0 aromatic rings. The summed E-state index contributed by atoms with van der Waals surface area (Å²) in [7, 11) is 0. The third-order valence-corrected chi connectivity index (χ3v) is 10.9. The van der Waals surface area contributed by atoms with E-state index in [1.54, 1.807) is 6.08 Å².